The summed E-state index contributed by atoms with van der Waals surface area (Å²) in [6.07, 6.45) is 5.44. The first-order valence-electron chi connectivity index (χ1n) is 10.3. The van der Waals surface area contributed by atoms with E-state index in [0.717, 1.165) is 48.1 Å². The molecule has 2 aromatic carbocycles. The first-order valence-corrected chi connectivity index (χ1v) is 10.3. The summed E-state index contributed by atoms with van der Waals surface area (Å²) >= 11 is 0. The molecular formula is C25H31NO5. The second-order valence-corrected chi connectivity index (χ2v) is 7.10. The number of hydrogen-bond acceptors (Lipinski definition) is 6. The number of aliphatic hydroxyl groups excluding tert-OH is 1. The van der Waals surface area contributed by atoms with Gasteiger partial charge in [-0.3, -0.25) is 0 Å². The molecule has 1 N–H and O–H groups in total. The Hall–Kier alpha value is -3.17. The Morgan fingerprint density at radius 2 is 1.58 bits per heavy atom. The number of unbranched alkanes of at least 4 members (excludes halogenated alkanes) is 3. The Kier molecular flexibility index (Phi) is 9.73. The molecule has 0 radical (unpaired) electrons. The third-order valence-electron chi connectivity index (χ3n) is 4.92. The maximum absolute atomic E-state index is 9.72. The summed E-state index contributed by atoms with van der Waals surface area (Å²) < 4.78 is 22.3. The van der Waals surface area contributed by atoms with Gasteiger partial charge in [-0.1, -0.05) is 6.42 Å². The molecule has 0 bridgehead atoms. The lowest BCUT2D eigenvalue weighted by molar-refractivity contribution is 0.259. The molecule has 166 valence electrons. The van der Waals surface area contributed by atoms with Gasteiger partial charge >= 0.3 is 0 Å². The maximum atomic E-state index is 9.72. The van der Waals surface area contributed by atoms with Crippen molar-refractivity contribution in [2.45, 2.75) is 32.6 Å². The van der Waals surface area contributed by atoms with E-state index in [0.29, 0.717) is 29.4 Å². The molecule has 6 nitrogen and oxygen atoms in total. The van der Waals surface area contributed by atoms with Crippen molar-refractivity contribution in [2.24, 2.45) is 0 Å². The molecule has 0 aliphatic rings. The van der Waals surface area contributed by atoms with Gasteiger partial charge in [-0.15, -0.1) is 0 Å². The fraction of sp³-hybridized carbons (Fsp3) is 0.400. The smallest absolute Gasteiger partial charge is 0.203 e. The fourth-order valence-electron chi connectivity index (χ4n) is 3.26. The summed E-state index contributed by atoms with van der Waals surface area (Å²) in [7, 11) is 4.78. The summed E-state index contributed by atoms with van der Waals surface area (Å²) in [5, 5.41) is 18.6. The van der Waals surface area contributed by atoms with Crippen molar-refractivity contribution < 1.29 is 24.1 Å². The largest absolute Gasteiger partial charge is 0.496 e. The first kappa shape index (κ1) is 24.1. The molecule has 0 aromatic heterocycles. The third kappa shape index (κ3) is 6.66. The zero-order valence-electron chi connectivity index (χ0n) is 18.7. The van der Waals surface area contributed by atoms with E-state index in [1.165, 1.54) is 0 Å². The molecule has 0 aliphatic heterocycles. The van der Waals surface area contributed by atoms with Crippen molar-refractivity contribution in [1.29, 1.82) is 5.26 Å². The number of hydrogen-bond donors (Lipinski definition) is 1. The Balaban J connectivity index is 2.28. The molecule has 2 rings (SSSR count). The molecule has 0 spiro atoms. The van der Waals surface area contributed by atoms with E-state index < -0.39 is 0 Å². The minimum Gasteiger partial charge on any atom is -0.496 e. The van der Waals surface area contributed by atoms with Crippen molar-refractivity contribution in [3.05, 3.63) is 47.0 Å². The number of methoxy groups -OCH3 is 3. The van der Waals surface area contributed by atoms with Gasteiger partial charge in [0.1, 0.15) is 5.75 Å². The van der Waals surface area contributed by atoms with Gasteiger partial charge in [0.15, 0.2) is 11.5 Å². The van der Waals surface area contributed by atoms with Crippen molar-refractivity contribution in [3.8, 4) is 29.1 Å². The molecule has 0 heterocycles. The second kappa shape index (κ2) is 12.5. The molecule has 0 aliphatic carbocycles. The highest BCUT2D eigenvalue weighted by atomic mass is 16.5. The topological polar surface area (TPSA) is 80.9 Å². The highest BCUT2D eigenvalue weighted by Crippen LogP contribution is 2.39. The number of nitrogens with zero attached hydrogens (tertiary/aromatic N) is 1. The van der Waals surface area contributed by atoms with Gasteiger partial charge in [0.05, 0.1) is 39.6 Å². The highest BCUT2D eigenvalue weighted by molar-refractivity contribution is 5.90. The van der Waals surface area contributed by atoms with Crippen LogP contribution in [0.2, 0.25) is 0 Å². The van der Waals surface area contributed by atoms with Gasteiger partial charge in [-0.05, 0) is 79.3 Å². The third-order valence-corrected chi connectivity index (χ3v) is 4.92. The Morgan fingerprint density at radius 1 is 0.935 bits per heavy atom. The molecule has 0 saturated carbocycles. The zero-order valence-corrected chi connectivity index (χ0v) is 18.7. The van der Waals surface area contributed by atoms with Crippen LogP contribution in [-0.2, 0) is 0 Å². The van der Waals surface area contributed by atoms with Crippen LogP contribution in [0.1, 0.15) is 42.4 Å². The molecule has 0 atom stereocenters. The van der Waals surface area contributed by atoms with E-state index in [2.05, 4.69) is 6.07 Å². The molecule has 6 heteroatoms. The maximum Gasteiger partial charge on any atom is 0.203 e. The fourth-order valence-corrected chi connectivity index (χ4v) is 3.26. The Labute approximate surface area is 184 Å². The van der Waals surface area contributed by atoms with Gasteiger partial charge in [-0.2, -0.15) is 5.26 Å². The number of benzene rings is 2. The molecule has 31 heavy (non-hydrogen) atoms. The van der Waals surface area contributed by atoms with E-state index in [4.69, 9.17) is 24.1 Å². The molecule has 0 saturated heterocycles. The molecular weight excluding hydrogens is 394 g/mol. The van der Waals surface area contributed by atoms with Crippen LogP contribution in [0, 0.1) is 18.3 Å². The average molecular weight is 426 g/mol. The van der Waals surface area contributed by atoms with E-state index in [9.17, 15) is 5.26 Å². The molecule has 0 fully saturated rings. The standard InChI is InChI=1S/C25H31NO5/c1-18-13-20(9-10-22(18)28-2)21(17-26)14-19-15-23(29-3)25(24(16-19)30-4)31-12-8-6-5-7-11-27/h9-10,13-16,27H,5-8,11-12H2,1-4H3. The van der Waals surface area contributed by atoms with Crippen LogP contribution in [0.15, 0.2) is 30.3 Å². The normalized spacial score (nSPS) is 11.0. The van der Waals surface area contributed by atoms with E-state index >= 15 is 0 Å². The molecule has 2 aromatic rings. The van der Waals surface area contributed by atoms with Crippen LogP contribution in [-0.4, -0.2) is 39.6 Å². The monoisotopic (exact) mass is 425 g/mol. The number of aliphatic hydroxyl groups is 1. The van der Waals surface area contributed by atoms with Crippen molar-refractivity contribution >= 4 is 11.6 Å². The number of aryl methyl sites for hydroxylation is 1. The predicted octanol–water partition coefficient (Wildman–Crippen LogP) is 5.02. The van der Waals surface area contributed by atoms with Gasteiger partial charge in [0.2, 0.25) is 5.75 Å². The van der Waals surface area contributed by atoms with Crippen LogP contribution in [0.5, 0.6) is 23.0 Å². The summed E-state index contributed by atoms with van der Waals surface area (Å²) in [5.74, 6) is 2.42. The Morgan fingerprint density at radius 3 is 2.13 bits per heavy atom. The number of allylic oxidation sites excluding steroid dienone is 1. The number of ether oxygens (including phenoxy) is 4. The molecule has 0 amide bonds. The van der Waals surface area contributed by atoms with E-state index in [1.54, 1.807) is 27.4 Å². The minimum absolute atomic E-state index is 0.220. The van der Waals surface area contributed by atoms with Crippen LogP contribution in [0.4, 0.5) is 0 Å². The van der Waals surface area contributed by atoms with Gasteiger partial charge in [0.25, 0.3) is 0 Å². The zero-order chi connectivity index (χ0) is 22.6. The van der Waals surface area contributed by atoms with Crippen molar-refractivity contribution in [1.82, 2.24) is 0 Å². The first-order chi connectivity index (χ1) is 15.1. The minimum atomic E-state index is 0.220. The SMILES string of the molecule is COc1ccc(C(C#N)=Cc2cc(OC)c(OCCCCCCO)c(OC)c2)cc1C. The second-order valence-electron chi connectivity index (χ2n) is 7.10. The number of nitriles is 1. The lowest BCUT2D eigenvalue weighted by Crippen LogP contribution is -2.02. The Bertz CT molecular complexity index is 905. The van der Waals surface area contributed by atoms with Gasteiger partial charge in [0, 0.05) is 6.61 Å². The lowest BCUT2D eigenvalue weighted by Gasteiger charge is -2.15. The van der Waals surface area contributed by atoms with E-state index in [1.807, 2.05) is 37.3 Å². The van der Waals surface area contributed by atoms with Gasteiger partial charge in [-0.25, -0.2) is 0 Å². The quantitative estimate of drug-likeness (QED) is 0.292. The predicted molar refractivity (Wildman–Crippen MR) is 122 cm³/mol. The van der Waals surface area contributed by atoms with Crippen LogP contribution in [0.25, 0.3) is 11.6 Å². The van der Waals surface area contributed by atoms with Crippen LogP contribution >= 0.6 is 0 Å². The summed E-state index contributed by atoms with van der Waals surface area (Å²) in [6.45, 7) is 2.69. The van der Waals surface area contributed by atoms with Crippen LogP contribution < -0.4 is 18.9 Å². The highest BCUT2D eigenvalue weighted by Gasteiger charge is 2.14. The summed E-state index contributed by atoms with van der Waals surface area (Å²) in [6, 6.07) is 11.6. The van der Waals surface area contributed by atoms with Crippen molar-refractivity contribution in [2.75, 3.05) is 34.5 Å². The summed E-state index contributed by atoms with van der Waals surface area (Å²) in [4.78, 5) is 0. The van der Waals surface area contributed by atoms with E-state index in [-0.39, 0.29) is 6.61 Å². The molecule has 0 unspecified atom stereocenters. The lowest BCUT2D eigenvalue weighted by atomic mass is 10.0. The summed E-state index contributed by atoms with van der Waals surface area (Å²) in [5.41, 5.74) is 3.06. The van der Waals surface area contributed by atoms with Crippen molar-refractivity contribution in [3.63, 3.8) is 0 Å². The number of rotatable bonds is 12. The van der Waals surface area contributed by atoms with Gasteiger partial charge < -0.3 is 24.1 Å². The van der Waals surface area contributed by atoms with Crippen LogP contribution in [0.3, 0.4) is 0 Å². The average Bonchev–Trinajstić information content (AvgIpc) is 2.79.